The number of ketones is 2. The lowest BCUT2D eigenvalue weighted by Crippen LogP contribution is -2.51. The number of halogens is 1. The van der Waals surface area contributed by atoms with E-state index in [0.717, 1.165) is 11.3 Å². The molecule has 4 aromatic carbocycles. The van der Waals surface area contributed by atoms with Crippen LogP contribution in [0.4, 0.5) is 15.8 Å². The van der Waals surface area contributed by atoms with Crippen LogP contribution < -0.4 is 10.2 Å². The van der Waals surface area contributed by atoms with Crippen molar-refractivity contribution in [1.82, 2.24) is 0 Å². The number of anilines is 2. The van der Waals surface area contributed by atoms with Crippen LogP contribution in [0.25, 0.3) is 6.08 Å². The van der Waals surface area contributed by atoms with E-state index in [9.17, 15) is 14.4 Å². The van der Waals surface area contributed by atoms with Gasteiger partial charge in [-0.1, -0.05) is 91.0 Å². The van der Waals surface area contributed by atoms with Crippen molar-refractivity contribution >= 4 is 34.9 Å². The largest absolute Gasteiger partial charge is 0.352 e. The van der Waals surface area contributed by atoms with E-state index in [1.54, 1.807) is 30.3 Å². The van der Waals surface area contributed by atoms with Gasteiger partial charge < -0.3 is 10.2 Å². The molecule has 39 heavy (non-hydrogen) atoms. The number of benzene rings is 4. The summed E-state index contributed by atoms with van der Waals surface area (Å²) in [6.45, 7) is 0. The van der Waals surface area contributed by atoms with Crippen molar-refractivity contribution in [1.29, 1.82) is 0 Å². The fourth-order valence-electron chi connectivity index (χ4n) is 6.72. The molecule has 0 saturated carbocycles. The number of amides is 1. The van der Waals surface area contributed by atoms with Crippen molar-refractivity contribution < 1.29 is 18.8 Å². The smallest absolute Gasteiger partial charge is 0.238 e. The number of hydrogen-bond acceptors (Lipinski definition) is 4. The summed E-state index contributed by atoms with van der Waals surface area (Å²) in [6.07, 6.45) is 3.84. The molecule has 4 aromatic rings. The van der Waals surface area contributed by atoms with E-state index in [4.69, 9.17) is 0 Å². The molecule has 3 aliphatic heterocycles. The van der Waals surface area contributed by atoms with Gasteiger partial charge in [0.1, 0.15) is 17.3 Å². The first-order valence-electron chi connectivity index (χ1n) is 12.9. The first kappa shape index (κ1) is 23.3. The maximum atomic E-state index is 15.1. The van der Waals surface area contributed by atoms with Gasteiger partial charge in [0.25, 0.3) is 0 Å². The minimum Gasteiger partial charge on any atom is -0.352 e. The van der Waals surface area contributed by atoms with Crippen molar-refractivity contribution in [3.05, 3.63) is 137 Å². The number of nitrogens with one attached hydrogen (secondary N) is 1. The van der Waals surface area contributed by atoms with Crippen LogP contribution in [0.15, 0.2) is 109 Å². The third-order valence-electron chi connectivity index (χ3n) is 8.29. The van der Waals surface area contributed by atoms with E-state index in [1.165, 1.54) is 18.2 Å². The maximum absolute atomic E-state index is 15.1. The normalized spacial score (nSPS) is 24.2. The zero-order valence-corrected chi connectivity index (χ0v) is 20.8. The number of carbonyl (C=O) groups excluding carboxylic acids is 3. The lowest BCUT2D eigenvalue weighted by Gasteiger charge is -2.37. The van der Waals surface area contributed by atoms with Crippen LogP contribution in [-0.4, -0.2) is 29.6 Å². The minimum absolute atomic E-state index is 0.108. The lowest BCUT2D eigenvalue weighted by atomic mass is 9.64. The molecule has 0 bridgehead atoms. The highest BCUT2D eigenvalue weighted by Crippen LogP contribution is 2.58. The van der Waals surface area contributed by atoms with Gasteiger partial charge in [0.2, 0.25) is 5.91 Å². The van der Waals surface area contributed by atoms with Gasteiger partial charge in [0.05, 0.1) is 17.5 Å². The number of nitrogens with zero attached hydrogens (tertiary/aromatic N) is 1. The number of para-hydroxylation sites is 2. The lowest BCUT2D eigenvalue weighted by molar-refractivity contribution is -0.121. The summed E-state index contributed by atoms with van der Waals surface area (Å²) < 4.78 is 15.1. The van der Waals surface area contributed by atoms with Crippen molar-refractivity contribution in [3.8, 4) is 0 Å². The zero-order chi connectivity index (χ0) is 26.7. The van der Waals surface area contributed by atoms with Crippen LogP contribution >= 0.6 is 0 Å². The number of fused-ring (bicyclic) bond motifs is 6. The van der Waals surface area contributed by atoms with Crippen LogP contribution in [0, 0.1) is 11.7 Å². The molecule has 190 valence electrons. The molecule has 6 heteroatoms. The van der Waals surface area contributed by atoms with E-state index < -0.39 is 35.0 Å². The summed E-state index contributed by atoms with van der Waals surface area (Å²) in [5, 5.41) is 3.00. The quantitative estimate of drug-likeness (QED) is 0.356. The van der Waals surface area contributed by atoms with Crippen molar-refractivity contribution in [2.75, 3.05) is 10.2 Å². The van der Waals surface area contributed by atoms with Crippen LogP contribution in [-0.2, 0) is 10.2 Å². The van der Waals surface area contributed by atoms with Gasteiger partial charge in [0, 0.05) is 16.9 Å². The summed E-state index contributed by atoms with van der Waals surface area (Å²) in [6, 6.07) is 27.6. The predicted octanol–water partition coefficient (Wildman–Crippen LogP) is 5.68. The average Bonchev–Trinajstić information content (AvgIpc) is 3.45. The molecule has 0 aromatic heterocycles. The maximum Gasteiger partial charge on any atom is 0.238 e. The molecule has 3 aliphatic rings. The number of carbonyl (C=O) groups is 3. The number of hydrogen-bond donors (Lipinski definition) is 1. The van der Waals surface area contributed by atoms with Crippen LogP contribution in [0.2, 0.25) is 0 Å². The van der Waals surface area contributed by atoms with Gasteiger partial charge in [0.15, 0.2) is 11.6 Å². The second-order valence-corrected chi connectivity index (χ2v) is 10.1. The monoisotopic (exact) mass is 514 g/mol. The molecule has 4 atom stereocenters. The molecule has 1 saturated heterocycles. The Kier molecular flexibility index (Phi) is 5.13. The van der Waals surface area contributed by atoms with E-state index >= 15 is 4.39 Å². The predicted molar refractivity (Wildman–Crippen MR) is 147 cm³/mol. The van der Waals surface area contributed by atoms with Crippen molar-refractivity contribution in [2.45, 2.75) is 17.5 Å². The standard InChI is InChI=1S/C33H23FN2O3/c34-24-15-7-5-13-22(24)31(38)29-28(30(37)21-11-2-1-3-12-21)33(23-14-6-8-16-25(23)35-32(33)39)27-19-18-20-10-4-9-17-26(20)36(27)29/h1-19,27-29H,(H,35,39). The fourth-order valence-corrected chi connectivity index (χ4v) is 6.72. The van der Waals surface area contributed by atoms with Gasteiger partial charge in [-0.05, 0) is 35.4 Å². The van der Waals surface area contributed by atoms with E-state index in [2.05, 4.69) is 5.32 Å². The van der Waals surface area contributed by atoms with Gasteiger partial charge >= 0.3 is 0 Å². The molecule has 0 aliphatic carbocycles. The Bertz CT molecular complexity index is 1700. The minimum atomic E-state index is -1.42. The molecule has 4 unspecified atom stereocenters. The Morgan fingerprint density at radius 2 is 1.49 bits per heavy atom. The summed E-state index contributed by atoms with van der Waals surface area (Å²) in [7, 11) is 0. The molecule has 3 heterocycles. The first-order chi connectivity index (χ1) is 19.0. The van der Waals surface area contributed by atoms with Gasteiger partial charge in [-0.15, -0.1) is 0 Å². The third kappa shape index (κ3) is 3.15. The summed E-state index contributed by atoms with van der Waals surface area (Å²) in [5.74, 6) is -3.01. The SMILES string of the molecule is O=C(c1ccccc1F)C1C(C(=O)c2ccccc2)C2(C(=O)Nc3ccccc32)C2C=Cc3ccccc3N12. The number of rotatable bonds is 4. The molecule has 1 spiro atoms. The summed E-state index contributed by atoms with van der Waals surface area (Å²) in [5.41, 5.74) is 1.71. The van der Waals surface area contributed by atoms with Crippen LogP contribution in [0.5, 0.6) is 0 Å². The number of Topliss-reactive ketones (excluding diaryl/α,β-unsaturated/α-hetero) is 2. The third-order valence-corrected chi connectivity index (χ3v) is 8.29. The molecule has 1 fully saturated rings. The van der Waals surface area contributed by atoms with Gasteiger partial charge in [-0.3, -0.25) is 14.4 Å². The molecular formula is C33H23FN2O3. The zero-order valence-electron chi connectivity index (χ0n) is 20.8. The highest BCUT2D eigenvalue weighted by Gasteiger charge is 2.70. The summed E-state index contributed by atoms with van der Waals surface area (Å²) >= 11 is 0. The fraction of sp³-hybridized carbons (Fsp3) is 0.121. The van der Waals surface area contributed by atoms with E-state index in [1.807, 2.05) is 71.6 Å². The Labute approximate surface area is 224 Å². The Morgan fingerprint density at radius 3 is 2.31 bits per heavy atom. The summed E-state index contributed by atoms with van der Waals surface area (Å²) in [4.78, 5) is 45.1. The Morgan fingerprint density at radius 1 is 0.795 bits per heavy atom. The Hall–Kier alpha value is -4.84. The molecular weight excluding hydrogens is 491 g/mol. The molecule has 1 N–H and O–H groups in total. The topological polar surface area (TPSA) is 66.5 Å². The van der Waals surface area contributed by atoms with Crippen molar-refractivity contribution in [3.63, 3.8) is 0 Å². The van der Waals surface area contributed by atoms with E-state index in [0.29, 0.717) is 16.8 Å². The van der Waals surface area contributed by atoms with Crippen molar-refractivity contribution in [2.24, 2.45) is 5.92 Å². The molecule has 0 radical (unpaired) electrons. The second kappa shape index (κ2) is 8.60. The Balaban J connectivity index is 1.55. The highest BCUT2D eigenvalue weighted by molar-refractivity contribution is 6.18. The highest BCUT2D eigenvalue weighted by atomic mass is 19.1. The molecule has 7 rings (SSSR count). The first-order valence-corrected chi connectivity index (χ1v) is 12.9. The van der Waals surface area contributed by atoms with Gasteiger partial charge in [-0.2, -0.15) is 0 Å². The molecule has 5 nitrogen and oxygen atoms in total. The van der Waals surface area contributed by atoms with Crippen LogP contribution in [0.3, 0.4) is 0 Å². The average molecular weight is 515 g/mol. The molecule has 1 amide bonds. The van der Waals surface area contributed by atoms with Gasteiger partial charge in [-0.25, -0.2) is 4.39 Å². The second-order valence-electron chi connectivity index (χ2n) is 10.1. The van der Waals surface area contributed by atoms with Crippen LogP contribution in [0.1, 0.15) is 31.8 Å². The van der Waals surface area contributed by atoms with E-state index in [-0.39, 0.29) is 17.3 Å².